The first-order chi connectivity index (χ1) is 5.15. The molecule has 1 aromatic rings. The van der Waals surface area contributed by atoms with Gasteiger partial charge in [-0.15, -0.1) is 0 Å². The van der Waals surface area contributed by atoms with Crippen molar-refractivity contribution in [3.05, 3.63) is 27.2 Å². The van der Waals surface area contributed by atoms with Gasteiger partial charge < -0.3 is 5.32 Å². The van der Waals surface area contributed by atoms with E-state index in [-0.39, 0.29) is 0 Å². The Bertz CT molecular complexity index is 273. The minimum absolute atomic E-state index is 0.736. The molecule has 0 amide bonds. The first-order valence-corrected chi connectivity index (χ1v) is 4.45. The van der Waals surface area contributed by atoms with Crippen molar-refractivity contribution in [3.63, 3.8) is 0 Å². The van der Waals surface area contributed by atoms with Crippen molar-refractivity contribution in [2.24, 2.45) is 0 Å². The fraction of sp³-hybridized carbons (Fsp3) is 0.250. The number of halogens is 2. The molecule has 0 saturated heterocycles. The SMILES string of the molecule is CNc1cc(Cl)c(Br)cc1C. The van der Waals surface area contributed by atoms with Gasteiger partial charge >= 0.3 is 0 Å². The summed E-state index contributed by atoms with van der Waals surface area (Å²) in [5.41, 5.74) is 2.25. The summed E-state index contributed by atoms with van der Waals surface area (Å²) in [6.07, 6.45) is 0. The van der Waals surface area contributed by atoms with Gasteiger partial charge in [0, 0.05) is 17.2 Å². The fourth-order valence-corrected chi connectivity index (χ4v) is 1.54. The second-order valence-corrected chi connectivity index (χ2v) is 3.59. The van der Waals surface area contributed by atoms with Crippen LogP contribution in [-0.4, -0.2) is 7.05 Å². The highest BCUT2D eigenvalue weighted by molar-refractivity contribution is 9.10. The molecule has 0 fully saturated rings. The maximum absolute atomic E-state index is 5.88. The second-order valence-electron chi connectivity index (χ2n) is 2.33. The number of nitrogens with one attached hydrogen (secondary N) is 1. The van der Waals surface area contributed by atoms with Gasteiger partial charge in [0.1, 0.15) is 0 Å². The maximum Gasteiger partial charge on any atom is 0.0568 e. The Kier molecular flexibility index (Phi) is 2.79. The van der Waals surface area contributed by atoms with Crippen molar-refractivity contribution in [2.75, 3.05) is 12.4 Å². The summed E-state index contributed by atoms with van der Waals surface area (Å²) in [5.74, 6) is 0. The van der Waals surface area contributed by atoms with Crippen molar-refractivity contribution in [3.8, 4) is 0 Å². The molecule has 0 atom stereocenters. The first kappa shape index (κ1) is 8.88. The summed E-state index contributed by atoms with van der Waals surface area (Å²) in [6, 6.07) is 3.90. The van der Waals surface area contributed by atoms with Crippen molar-refractivity contribution in [2.45, 2.75) is 6.92 Å². The Hall–Kier alpha value is -0.210. The van der Waals surface area contributed by atoms with Gasteiger partial charge in [0.25, 0.3) is 0 Å². The van der Waals surface area contributed by atoms with Gasteiger partial charge in [-0.25, -0.2) is 0 Å². The van der Waals surface area contributed by atoms with E-state index in [1.807, 2.05) is 26.1 Å². The van der Waals surface area contributed by atoms with Gasteiger partial charge in [-0.2, -0.15) is 0 Å². The van der Waals surface area contributed by atoms with E-state index in [1.54, 1.807) is 0 Å². The molecule has 0 radical (unpaired) electrons. The molecular formula is C8H9BrClN. The third kappa shape index (κ3) is 1.88. The predicted molar refractivity (Wildman–Crippen MR) is 53.4 cm³/mol. The summed E-state index contributed by atoms with van der Waals surface area (Å²) in [6.45, 7) is 2.03. The summed E-state index contributed by atoms with van der Waals surface area (Å²) in [7, 11) is 1.88. The summed E-state index contributed by atoms with van der Waals surface area (Å²) < 4.78 is 0.940. The predicted octanol–water partition coefficient (Wildman–Crippen LogP) is 3.45. The highest BCUT2D eigenvalue weighted by Crippen LogP contribution is 2.28. The van der Waals surface area contributed by atoms with Crippen LogP contribution in [0.2, 0.25) is 5.02 Å². The molecule has 0 aliphatic heterocycles. The Balaban J connectivity index is 3.21. The number of benzene rings is 1. The summed E-state index contributed by atoms with van der Waals surface area (Å²) in [5, 5.41) is 3.79. The molecule has 3 heteroatoms. The van der Waals surface area contributed by atoms with Crippen molar-refractivity contribution in [1.82, 2.24) is 0 Å². The fourth-order valence-electron chi connectivity index (χ4n) is 0.916. The largest absolute Gasteiger partial charge is 0.388 e. The lowest BCUT2D eigenvalue weighted by Gasteiger charge is -2.06. The van der Waals surface area contributed by atoms with Crippen LogP contribution in [0.25, 0.3) is 0 Å². The van der Waals surface area contributed by atoms with E-state index >= 15 is 0 Å². The molecule has 0 unspecified atom stereocenters. The number of aryl methyl sites for hydroxylation is 1. The lowest BCUT2D eigenvalue weighted by atomic mass is 10.2. The average molecular weight is 235 g/mol. The molecular weight excluding hydrogens is 225 g/mol. The molecule has 0 spiro atoms. The summed E-state index contributed by atoms with van der Waals surface area (Å²) >= 11 is 9.23. The minimum atomic E-state index is 0.736. The van der Waals surface area contributed by atoms with Crippen LogP contribution >= 0.6 is 27.5 Å². The van der Waals surface area contributed by atoms with Crippen LogP contribution in [-0.2, 0) is 0 Å². The molecule has 0 aromatic heterocycles. The minimum Gasteiger partial charge on any atom is -0.388 e. The first-order valence-electron chi connectivity index (χ1n) is 3.28. The molecule has 0 aliphatic carbocycles. The van der Waals surface area contributed by atoms with Crippen LogP contribution in [0.3, 0.4) is 0 Å². The van der Waals surface area contributed by atoms with E-state index in [9.17, 15) is 0 Å². The van der Waals surface area contributed by atoms with E-state index in [4.69, 9.17) is 11.6 Å². The molecule has 1 aromatic carbocycles. The van der Waals surface area contributed by atoms with E-state index < -0.39 is 0 Å². The molecule has 0 aliphatic rings. The molecule has 0 saturated carbocycles. The van der Waals surface area contributed by atoms with Gasteiger partial charge in [0.15, 0.2) is 0 Å². The normalized spacial score (nSPS) is 9.82. The van der Waals surface area contributed by atoms with Crippen molar-refractivity contribution >= 4 is 33.2 Å². The van der Waals surface area contributed by atoms with Crippen LogP contribution < -0.4 is 5.32 Å². The van der Waals surface area contributed by atoms with E-state index in [2.05, 4.69) is 21.2 Å². The van der Waals surface area contributed by atoms with E-state index in [0.29, 0.717) is 0 Å². The van der Waals surface area contributed by atoms with E-state index in [0.717, 1.165) is 15.2 Å². The van der Waals surface area contributed by atoms with E-state index in [1.165, 1.54) is 5.56 Å². The Morgan fingerprint density at radius 1 is 1.45 bits per heavy atom. The third-order valence-electron chi connectivity index (χ3n) is 1.54. The third-order valence-corrected chi connectivity index (χ3v) is 2.73. The van der Waals surface area contributed by atoms with Crippen LogP contribution in [0.4, 0.5) is 5.69 Å². The highest BCUT2D eigenvalue weighted by atomic mass is 79.9. The zero-order chi connectivity index (χ0) is 8.43. The molecule has 11 heavy (non-hydrogen) atoms. The van der Waals surface area contributed by atoms with Gasteiger partial charge in [-0.3, -0.25) is 0 Å². The zero-order valence-corrected chi connectivity index (χ0v) is 8.75. The zero-order valence-electron chi connectivity index (χ0n) is 6.41. The maximum atomic E-state index is 5.88. The van der Waals surface area contributed by atoms with Crippen LogP contribution in [0.15, 0.2) is 16.6 Å². The Morgan fingerprint density at radius 2 is 2.09 bits per heavy atom. The quantitative estimate of drug-likeness (QED) is 0.785. The highest BCUT2D eigenvalue weighted by Gasteiger charge is 2.00. The Labute approximate surface area is 79.9 Å². The van der Waals surface area contributed by atoms with Gasteiger partial charge in [-0.1, -0.05) is 11.6 Å². The van der Waals surface area contributed by atoms with Gasteiger partial charge in [0.05, 0.1) is 5.02 Å². The molecule has 1 nitrogen and oxygen atoms in total. The second kappa shape index (κ2) is 3.46. The topological polar surface area (TPSA) is 12.0 Å². The van der Waals surface area contributed by atoms with Crippen molar-refractivity contribution < 1.29 is 0 Å². The monoisotopic (exact) mass is 233 g/mol. The number of hydrogen-bond acceptors (Lipinski definition) is 1. The number of hydrogen-bond donors (Lipinski definition) is 1. The molecule has 60 valence electrons. The van der Waals surface area contributed by atoms with Crippen LogP contribution in [0.1, 0.15) is 5.56 Å². The standard InChI is InChI=1S/C8H9BrClN/c1-5-3-6(9)7(10)4-8(5)11-2/h3-4,11H,1-2H3. The van der Waals surface area contributed by atoms with Crippen LogP contribution in [0.5, 0.6) is 0 Å². The molecule has 1 N–H and O–H groups in total. The number of rotatable bonds is 1. The lowest BCUT2D eigenvalue weighted by Crippen LogP contribution is -1.91. The van der Waals surface area contributed by atoms with Crippen LogP contribution in [0, 0.1) is 6.92 Å². The lowest BCUT2D eigenvalue weighted by molar-refractivity contribution is 1.39. The smallest absolute Gasteiger partial charge is 0.0568 e. The molecule has 0 bridgehead atoms. The Morgan fingerprint density at radius 3 is 2.64 bits per heavy atom. The van der Waals surface area contributed by atoms with Crippen molar-refractivity contribution in [1.29, 1.82) is 0 Å². The van der Waals surface area contributed by atoms with Gasteiger partial charge in [0.2, 0.25) is 0 Å². The molecule has 1 rings (SSSR count). The average Bonchev–Trinajstić information content (AvgIpc) is 1.97. The summed E-state index contributed by atoms with van der Waals surface area (Å²) in [4.78, 5) is 0. The van der Waals surface area contributed by atoms with Gasteiger partial charge in [-0.05, 0) is 40.5 Å². The molecule has 0 heterocycles. The number of anilines is 1.